The first-order chi connectivity index (χ1) is 9.79. The molecule has 1 aliphatic carbocycles. The van der Waals surface area contributed by atoms with Crippen LogP contribution in [-0.4, -0.2) is 10.1 Å². The maximum atomic E-state index is 6.05. The highest BCUT2D eigenvalue weighted by atomic mass is 16.5. The standard InChI is InChI=1S/C16H21N3O/c1-2-6-14(17)16-18-15(19-20-16)13-10-5-8-11-7-3-4-9-12(11)13/h3-4,7,9,13-14H,2,5-6,8,10,17H2,1H3/t13?,14-/m0/s1. The molecule has 1 heterocycles. The molecule has 4 nitrogen and oxygen atoms in total. The van der Waals surface area contributed by atoms with Gasteiger partial charge in [0, 0.05) is 5.92 Å². The van der Waals surface area contributed by atoms with Crippen molar-refractivity contribution in [1.29, 1.82) is 0 Å². The summed E-state index contributed by atoms with van der Waals surface area (Å²) >= 11 is 0. The van der Waals surface area contributed by atoms with E-state index in [0.29, 0.717) is 5.89 Å². The van der Waals surface area contributed by atoms with Crippen LogP contribution in [0.15, 0.2) is 28.8 Å². The fourth-order valence-electron chi connectivity index (χ4n) is 3.00. The van der Waals surface area contributed by atoms with Crippen LogP contribution in [0.5, 0.6) is 0 Å². The molecule has 0 saturated carbocycles. The van der Waals surface area contributed by atoms with Crippen molar-refractivity contribution in [2.75, 3.05) is 0 Å². The Hall–Kier alpha value is -1.68. The Morgan fingerprint density at radius 2 is 2.25 bits per heavy atom. The van der Waals surface area contributed by atoms with Crippen LogP contribution in [0.4, 0.5) is 0 Å². The van der Waals surface area contributed by atoms with E-state index in [9.17, 15) is 0 Å². The van der Waals surface area contributed by atoms with Crippen molar-refractivity contribution < 1.29 is 4.52 Å². The Morgan fingerprint density at radius 3 is 3.10 bits per heavy atom. The first-order valence-corrected chi connectivity index (χ1v) is 7.46. The van der Waals surface area contributed by atoms with Gasteiger partial charge in [0.25, 0.3) is 0 Å². The maximum absolute atomic E-state index is 6.05. The summed E-state index contributed by atoms with van der Waals surface area (Å²) in [6.07, 6.45) is 5.30. The minimum Gasteiger partial charge on any atom is -0.338 e. The van der Waals surface area contributed by atoms with Gasteiger partial charge >= 0.3 is 0 Å². The average Bonchev–Trinajstić information content (AvgIpc) is 2.97. The number of fused-ring (bicyclic) bond motifs is 1. The van der Waals surface area contributed by atoms with Crippen LogP contribution in [0.2, 0.25) is 0 Å². The quantitative estimate of drug-likeness (QED) is 0.926. The number of aryl methyl sites for hydroxylation is 1. The summed E-state index contributed by atoms with van der Waals surface area (Å²) in [5, 5.41) is 4.18. The third-order valence-electron chi connectivity index (χ3n) is 4.06. The van der Waals surface area contributed by atoms with Crippen LogP contribution in [-0.2, 0) is 6.42 Å². The fraction of sp³-hybridized carbons (Fsp3) is 0.500. The minimum atomic E-state index is -0.139. The highest BCUT2D eigenvalue weighted by Gasteiger charge is 2.26. The van der Waals surface area contributed by atoms with Gasteiger partial charge in [0.1, 0.15) is 0 Å². The zero-order valence-electron chi connectivity index (χ0n) is 11.9. The highest BCUT2D eigenvalue weighted by Crippen LogP contribution is 2.35. The SMILES string of the molecule is CCC[C@H](N)c1nc(C2CCCc3ccccc32)no1. The fourth-order valence-corrected chi connectivity index (χ4v) is 3.00. The molecule has 2 aromatic rings. The van der Waals surface area contributed by atoms with Crippen molar-refractivity contribution in [3.63, 3.8) is 0 Å². The first kappa shape index (κ1) is 13.3. The second-order valence-electron chi connectivity index (χ2n) is 5.53. The minimum absolute atomic E-state index is 0.139. The summed E-state index contributed by atoms with van der Waals surface area (Å²) in [4.78, 5) is 4.55. The second kappa shape index (κ2) is 5.75. The van der Waals surface area contributed by atoms with Gasteiger partial charge in [0.05, 0.1) is 6.04 Å². The maximum Gasteiger partial charge on any atom is 0.243 e. The van der Waals surface area contributed by atoms with Crippen LogP contribution < -0.4 is 5.73 Å². The van der Waals surface area contributed by atoms with Gasteiger partial charge in [-0.2, -0.15) is 4.98 Å². The van der Waals surface area contributed by atoms with E-state index in [1.807, 2.05) is 0 Å². The predicted molar refractivity (Wildman–Crippen MR) is 77.4 cm³/mol. The van der Waals surface area contributed by atoms with E-state index in [-0.39, 0.29) is 12.0 Å². The van der Waals surface area contributed by atoms with Crippen LogP contribution >= 0.6 is 0 Å². The number of nitrogens with zero attached hydrogens (tertiary/aromatic N) is 2. The van der Waals surface area contributed by atoms with Crippen molar-refractivity contribution in [1.82, 2.24) is 10.1 Å². The van der Waals surface area contributed by atoms with Crippen LogP contribution in [0.3, 0.4) is 0 Å². The molecule has 1 unspecified atom stereocenters. The lowest BCUT2D eigenvalue weighted by Crippen LogP contribution is -2.13. The van der Waals surface area contributed by atoms with Gasteiger partial charge in [-0.15, -0.1) is 0 Å². The summed E-state index contributed by atoms with van der Waals surface area (Å²) in [6, 6.07) is 8.42. The van der Waals surface area contributed by atoms with Crippen molar-refractivity contribution in [2.24, 2.45) is 5.73 Å². The lowest BCUT2D eigenvalue weighted by atomic mass is 9.82. The smallest absolute Gasteiger partial charge is 0.243 e. The number of hydrogen-bond acceptors (Lipinski definition) is 4. The molecule has 1 aromatic carbocycles. The summed E-state index contributed by atoms with van der Waals surface area (Å²) in [7, 11) is 0. The zero-order chi connectivity index (χ0) is 13.9. The Bertz CT molecular complexity index is 579. The van der Waals surface area contributed by atoms with Gasteiger partial charge < -0.3 is 10.3 Å². The molecule has 106 valence electrons. The van der Waals surface area contributed by atoms with E-state index in [1.165, 1.54) is 17.5 Å². The molecule has 20 heavy (non-hydrogen) atoms. The molecule has 0 saturated heterocycles. The highest BCUT2D eigenvalue weighted by molar-refractivity contribution is 5.36. The van der Waals surface area contributed by atoms with E-state index >= 15 is 0 Å². The Morgan fingerprint density at radius 1 is 1.40 bits per heavy atom. The van der Waals surface area contributed by atoms with E-state index in [0.717, 1.165) is 31.5 Å². The second-order valence-corrected chi connectivity index (χ2v) is 5.53. The number of nitrogens with two attached hydrogens (primary N) is 1. The molecule has 0 radical (unpaired) electrons. The molecule has 0 spiro atoms. The largest absolute Gasteiger partial charge is 0.338 e. The van der Waals surface area contributed by atoms with Crippen molar-refractivity contribution in [2.45, 2.75) is 51.0 Å². The molecule has 2 N–H and O–H groups in total. The Balaban J connectivity index is 1.87. The van der Waals surface area contributed by atoms with E-state index in [2.05, 4.69) is 41.3 Å². The van der Waals surface area contributed by atoms with E-state index < -0.39 is 0 Å². The van der Waals surface area contributed by atoms with Crippen molar-refractivity contribution in [3.8, 4) is 0 Å². The third-order valence-corrected chi connectivity index (χ3v) is 4.06. The van der Waals surface area contributed by atoms with E-state index in [1.54, 1.807) is 0 Å². The first-order valence-electron chi connectivity index (χ1n) is 7.46. The molecule has 3 rings (SSSR count). The van der Waals surface area contributed by atoms with Gasteiger partial charge in [0.15, 0.2) is 5.82 Å². The number of hydrogen-bond donors (Lipinski definition) is 1. The van der Waals surface area contributed by atoms with Gasteiger partial charge in [-0.3, -0.25) is 0 Å². The molecule has 0 amide bonds. The van der Waals surface area contributed by atoms with E-state index in [4.69, 9.17) is 10.3 Å². The van der Waals surface area contributed by atoms with Gasteiger partial charge in [-0.25, -0.2) is 0 Å². The number of aromatic nitrogens is 2. The molecule has 0 bridgehead atoms. The van der Waals surface area contributed by atoms with Crippen molar-refractivity contribution in [3.05, 3.63) is 47.1 Å². The monoisotopic (exact) mass is 271 g/mol. The molecule has 0 aliphatic heterocycles. The summed E-state index contributed by atoms with van der Waals surface area (Å²) < 4.78 is 5.36. The number of benzene rings is 1. The van der Waals surface area contributed by atoms with Crippen LogP contribution in [0.25, 0.3) is 0 Å². The molecule has 4 heteroatoms. The summed E-state index contributed by atoms with van der Waals surface area (Å²) in [6.45, 7) is 2.11. The predicted octanol–water partition coefficient (Wildman–Crippen LogP) is 3.34. The van der Waals surface area contributed by atoms with Crippen LogP contribution in [0.1, 0.15) is 67.4 Å². The molecule has 2 atom stereocenters. The van der Waals surface area contributed by atoms with Gasteiger partial charge in [-0.1, -0.05) is 42.8 Å². The Kier molecular flexibility index (Phi) is 3.83. The van der Waals surface area contributed by atoms with Crippen molar-refractivity contribution >= 4 is 0 Å². The zero-order valence-corrected chi connectivity index (χ0v) is 11.9. The molecular formula is C16H21N3O. The third kappa shape index (κ3) is 2.48. The summed E-state index contributed by atoms with van der Waals surface area (Å²) in [5.74, 6) is 1.62. The molecular weight excluding hydrogens is 250 g/mol. The number of rotatable bonds is 4. The lowest BCUT2D eigenvalue weighted by molar-refractivity contribution is 0.342. The van der Waals surface area contributed by atoms with Gasteiger partial charge in [0.2, 0.25) is 5.89 Å². The Labute approximate surface area is 119 Å². The molecule has 1 aromatic heterocycles. The lowest BCUT2D eigenvalue weighted by Gasteiger charge is -2.22. The normalized spacial score (nSPS) is 19.6. The molecule has 0 fully saturated rings. The summed E-state index contributed by atoms with van der Waals surface area (Å²) in [5.41, 5.74) is 8.80. The van der Waals surface area contributed by atoms with Gasteiger partial charge in [-0.05, 0) is 36.8 Å². The average molecular weight is 271 g/mol. The van der Waals surface area contributed by atoms with Crippen LogP contribution in [0, 0.1) is 0 Å². The molecule has 1 aliphatic rings. The topological polar surface area (TPSA) is 64.9 Å².